The van der Waals surface area contributed by atoms with E-state index in [4.69, 9.17) is 5.11 Å². The van der Waals surface area contributed by atoms with E-state index >= 15 is 0 Å². The monoisotopic (exact) mass is 417 g/mol. The van der Waals surface area contributed by atoms with Gasteiger partial charge in [0.15, 0.2) is 0 Å². The summed E-state index contributed by atoms with van der Waals surface area (Å²) in [5, 5.41) is 10.3. The predicted molar refractivity (Wildman–Crippen MR) is 71.2 cm³/mol. The van der Waals surface area contributed by atoms with Gasteiger partial charge in [0.2, 0.25) is 0 Å². The van der Waals surface area contributed by atoms with Gasteiger partial charge >= 0.3 is 18.1 Å². The highest BCUT2D eigenvalue weighted by Crippen LogP contribution is 2.21. The number of nitrogens with one attached hydrogen (secondary N) is 1. The summed E-state index contributed by atoms with van der Waals surface area (Å²) in [5.74, 6) is -3.82. The molecule has 0 heterocycles. The number of carbonyl (C=O) groups excluding carboxylic acids is 1. The van der Waals surface area contributed by atoms with Crippen LogP contribution >= 0.6 is 31.9 Å². The number of hydrogen-bond donors (Lipinski definition) is 2. The van der Waals surface area contributed by atoms with Crippen molar-refractivity contribution >= 4 is 43.7 Å². The fourth-order valence-corrected chi connectivity index (χ4v) is 2.79. The van der Waals surface area contributed by atoms with Crippen molar-refractivity contribution in [3.63, 3.8) is 0 Å². The summed E-state index contributed by atoms with van der Waals surface area (Å²) in [5.41, 5.74) is 0.459. The molecule has 9 heteroatoms. The Labute approximate surface area is 128 Å². The summed E-state index contributed by atoms with van der Waals surface area (Å²) in [6.07, 6.45) is -5.39. The standard InChI is InChI=1S/C11H8Br2F3NO3/c12-6-1-5(2-7(13)4-6)3-8(9(18)19)17-10(20)11(14,15)16/h1-2,4,8H,3H2,(H,17,20)(H,18,19). The van der Waals surface area contributed by atoms with Crippen LogP contribution in [-0.4, -0.2) is 29.2 Å². The van der Waals surface area contributed by atoms with Gasteiger partial charge in [-0.3, -0.25) is 4.79 Å². The molecule has 4 nitrogen and oxygen atoms in total. The van der Waals surface area contributed by atoms with Crippen LogP contribution in [0.3, 0.4) is 0 Å². The molecule has 0 aliphatic rings. The molecular formula is C11H8Br2F3NO3. The van der Waals surface area contributed by atoms with Crippen LogP contribution in [0.25, 0.3) is 0 Å². The summed E-state index contributed by atoms with van der Waals surface area (Å²) in [7, 11) is 0. The number of halogens is 5. The van der Waals surface area contributed by atoms with Crippen LogP contribution in [0, 0.1) is 0 Å². The van der Waals surface area contributed by atoms with Crippen molar-refractivity contribution in [3.8, 4) is 0 Å². The van der Waals surface area contributed by atoms with Crippen LogP contribution < -0.4 is 5.32 Å². The Morgan fingerprint density at radius 2 is 1.70 bits per heavy atom. The van der Waals surface area contributed by atoms with Gasteiger partial charge in [0.05, 0.1) is 0 Å². The number of hydrogen-bond acceptors (Lipinski definition) is 2. The summed E-state index contributed by atoms with van der Waals surface area (Å²) in [6.45, 7) is 0. The fraction of sp³-hybridized carbons (Fsp3) is 0.273. The van der Waals surface area contributed by atoms with Gasteiger partial charge in [-0.1, -0.05) is 31.9 Å². The van der Waals surface area contributed by atoms with Gasteiger partial charge in [0.25, 0.3) is 0 Å². The number of benzene rings is 1. The molecule has 0 fully saturated rings. The predicted octanol–water partition coefficient (Wildman–Crippen LogP) is 2.89. The minimum Gasteiger partial charge on any atom is -0.480 e. The maximum absolute atomic E-state index is 12.1. The summed E-state index contributed by atoms with van der Waals surface area (Å²) in [6, 6.07) is 3.14. The van der Waals surface area contributed by atoms with E-state index in [2.05, 4.69) is 31.9 Å². The molecule has 0 aliphatic heterocycles. The highest BCUT2D eigenvalue weighted by Gasteiger charge is 2.40. The molecular weight excluding hydrogens is 411 g/mol. The molecule has 1 rings (SSSR count). The first kappa shape index (κ1) is 17.0. The molecule has 1 atom stereocenters. The van der Waals surface area contributed by atoms with Gasteiger partial charge in [-0.05, 0) is 23.8 Å². The molecule has 1 amide bonds. The first-order chi connectivity index (χ1) is 9.09. The Kier molecular flexibility index (Phi) is 5.58. The number of carbonyl (C=O) groups is 2. The molecule has 0 saturated heterocycles. The van der Waals surface area contributed by atoms with Crippen LogP contribution in [0.1, 0.15) is 5.56 Å². The Morgan fingerprint density at radius 1 is 1.20 bits per heavy atom. The van der Waals surface area contributed by atoms with E-state index in [9.17, 15) is 22.8 Å². The van der Waals surface area contributed by atoms with E-state index in [1.165, 1.54) is 5.32 Å². The lowest BCUT2D eigenvalue weighted by Gasteiger charge is -2.16. The SMILES string of the molecule is O=C(O)C(Cc1cc(Br)cc(Br)c1)NC(=O)C(F)(F)F. The second-order valence-corrected chi connectivity index (χ2v) is 5.68. The normalized spacial score (nSPS) is 12.8. The maximum Gasteiger partial charge on any atom is 0.471 e. The highest BCUT2D eigenvalue weighted by atomic mass is 79.9. The summed E-state index contributed by atoms with van der Waals surface area (Å²) in [4.78, 5) is 21.7. The molecule has 0 radical (unpaired) electrons. The third-order valence-corrected chi connectivity index (χ3v) is 3.14. The van der Waals surface area contributed by atoms with E-state index in [0.29, 0.717) is 14.5 Å². The fourth-order valence-electron chi connectivity index (χ4n) is 1.40. The molecule has 110 valence electrons. The van der Waals surface area contributed by atoms with E-state index < -0.39 is 24.1 Å². The summed E-state index contributed by atoms with van der Waals surface area (Å²) >= 11 is 6.36. The van der Waals surface area contributed by atoms with E-state index in [1.54, 1.807) is 18.2 Å². The van der Waals surface area contributed by atoms with E-state index in [1.807, 2.05) is 0 Å². The molecule has 20 heavy (non-hydrogen) atoms. The molecule has 0 aromatic heterocycles. The number of alkyl halides is 3. The van der Waals surface area contributed by atoms with Crippen molar-refractivity contribution in [2.45, 2.75) is 18.6 Å². The number of amides is 1. The zero-order valence-electron chi connectivity index (χ0n) is 9.67. The molecule has 0 spiro atoms. The van der Waals surface area contributed by atoms with Gasteiger partial charge in [0.1, 0.15) is 6.04 Å². The second kappa shape index (κ2) is 6.57. The molecule has 1 unspecified atom stereocenters. The van der Waals surface area contributed by atoms with Crippen molar-refractivity contribution in [1.82, 2.24) is 5.32 Å². The number of rotatable bonds is 4. The molecule has 1 aromatic carbocycles. The van der Waals surface area contributed by atoms with Gasteiger partial charge < -0.3 is 10.4 Å². The zero-order chi connectivity index (χ0) is 15.5. The van der Waals surface area contributed by atoms with Crippen molar-refractivity contribution in [2.24, 2.45) is 0 Å². The third kappa shape index (κ3) is 5.12. The lowest BCUT2D eigenvalue weighted by molar-refractivity contribution is -0.175. The van der Waals surface area contributed by atoms with Crippen LogP contribution in [0.15, 0.2) is 27.1 Å². The van der Waals surface area contributed by atoms with Crippen LogP contribution in [0.2, 0.25) is 0 Å². The van der Waals surface area contributed by atoms with E-state index in [0.717, 1.165) is 0 Å². The Bertz CT molecular complexity index is 514. The Balaban J connectivity index is 2.88. The quantitative estimate of drug-likeness (QED) is 0.790. The Hall–Kier alpha value is -1.09. The largest absolute Gasteiger partial charge is 0.480 e. The van der Waals surface area contributed by atoms with Gasteiger partial charge in [-0.25, -0.2) is 4.79 Å². The van der Waals surface area contributed by atoms with Crippen molar-refractivity contribution < 1.29 is 27.9 Å². The van der Waals surface area contributed by atoms with Crippen molar-refractivity contribution in [1.29, 1.82) is 0 Å². The zero-order valence-corrected chi connectivity index (χ0v) is 12.8. The third-order valence-electron chi connectivity index (χ3n) is 2.22. The minimum atomic E-state index is -5.12. The molecule has 2 N–H and O–H groups in total. The second-order valence-electron chi connectivity index (χ2n) is 3.84. The van der Waals surface area contributed by atoms with Crippen molar-refractivity contribution in [2.75, 3.05) is 0 Å². The topological polar surface area (TPSA) is 66.4 Å². The maximum atomic E-state index is 12.1. The smallest absolute Gasteiger partial charge is 0.471 e. The minimum absolute atomic E-state index is 0.269. The molecule has 1 aromatic rings. The number of carboxylic acids is 1. The lowest BCUT2D eigenvalue weighted by atomic mass is 10.1. The average Bonchev–Trinajstić information content (AvgIpc) is 2.24. The van der Waals surface area contributed by atoms with Crippen LogP contribution in [0.4, 0.5) is 13.2 Å². The van der Waals surface area contributed by atoms with E-state index in [-0.39, 0.29) is 6.42 Å². The van der Waals surface area contributed by atoms with Crippen molar-refractivity contribution in [3.05, 3.63) is 32.7 Å². The van der Waals surface area contributed by atoms with Gasteiger partial charge in [-0.2, -0.15) is 13.2 Å². The lowest BCUT2D eigenvalue weighted by Crippen LogP contribution is -2.47. The molecule has 0 bridgehead atoms. The summed E-state index contributed by atoms with van der Waals surface area (Å²) < 4.78 is 37.6. The average molecular weight is 419 g/mol. The number of aliphatic carboxylic acids is 1. The molecule has 0 aliphatic carbocycles. The Morgan fingerprint density at radius 3 is 2.10 bits per heavy atom. The van der Waals surface area contributed by atoms with Crippen LogP contribution in [-0.2, 0) is 16.0 Å². The van der Waals surface area contributed by atoms with Gasteiger partial charge in [-0.15, -0.1) is 0 Å². The first-order valence-corrected chi connectivity index (χ1v) is 6.73. The van der Waals surface area contributed by atoms with Gasteiger partial charge in [0, 0.05) is 15.4 Å². The van der Waals surface area contributed by atoms with Crippen LogP contribution in [0.5, 0.6) is 0 Å². The molecule has 0 saturated carbocycles. The number of carboxylic acid groups (broad SMARTS) is 1. The first-order valence-electron chi connectivity index (χ1n) is 5.15. The highest BCUT2D eigenvalue weighted by molar-refractivity contribution is 9.11.